The van der Waals surface area contributed by atoms with Gasteiger partial charge in [0.2, 0.25) is 0 Å². The van der Waals surface area contributed by atoms with Crippen molar-refractivity contribution in [1.29, 1.82) is 0 Å². The molecule has 1 aliphatic heterocycles. The van der Waals surface area contributed by atoms with Crippen molar-refractivity contribution in [2.45, 2.75) is 18.9 Å². The van der Waals surface area contributed by atoms with Crippen LogP contribution in [0, 0.1) is 0 Å². The molecule has 1 aliphatic rings. The van der Waals surface area contributed by atoms with Gasteiger partial charge in [-0.2, -0.15) is 0 Å². The van der Waals surface area contributed by atoms with Gasteiger partial charge in [-0.25, -0.2) is 0 Å². The summed E-state index contributed by atoms with van der Waals surface area (Å²) >= 11 is 0. The molecule has 1 heterocycles. The van der Waals surface area contributed by atoms with Gasteiger partial charge in [-0.1, -0.05) is 18.2 Å². The fraction of sp³-hybridized carbons (Fsp3) is 0.250. The van der Waals surface area contributed by atoms with Crippen LogP contribution in [0.3, 0.4) is 0 Å². The smallest absolute Gasteiger partial charge is 0.185 e. The Morgan fingerprint density at radius 3 is 2.46 bits per heavy atom. The minimum atomic E-state index is -0.190. The Bertz CT molecular complexity index is 729. The number of aromatic hydroxyl groups is 1. The molecule has 0 unspecified atom stereocenters. The van der Waals surface area contributed by atoms with Gasteiger partial charge in [0.15, 0.2) is 5.78 Å². The van der Waals surface area contributed by atoms with E-state index in [-0.39, 0.29) is 17.6 Å². The van der Waals surface area contributed by atoms with Gasteiger partial charge in [0.05, 0.1) is 6.10 Å². The highest BCUT2D eigenvalue weighted by Crippen LogP contribution is 2.21. The fourth-order valence-corrected chi connectivity index (χ4v) is 2.86. The molecular formula is C20H21NO3. The van der Waals surface area contributed by atoms with Crippen molar-refractivity contribution >= 4 is 17.5 Å². The number of rotatable bonds is 4. The van der Waals surface area contributed by atoms with E-state index in [1.165, 1.54) is 6.08 Å². The third-order valence-electron chi connectivity index (χ3n) is 4.28. The van der Waals surface area contributed by atoms with E-state index in [9.17, 15) is 15.0 Å². The molecule has 3 rings (SSSR count). The van der Waals surface area contributed by atoms with Gasteiger partial charge in [0, 0.05) is 24.3 Å². The third kappa shape index (κ3) is 4.03. The highest BCUT2D eigenvalue weighted by Gasteiger charge is 2.17. The summed E-state index contributed by atoms with van der Waals surface area (Å²) in [6, 6.07) is 14.3. The SMILES string of the molecule is O=C(C=Cc1cccc(O)c1)c1ccc(N2CCC(O)CC2)cc1. The predicted octanol–water partition coefficient (Wildman–Crippen LogP) is 3.25. The number of carbonyl (C=O) groups is 1. The van der Waals surface area contributed by atoms with Crippen molar-refractivity contribution < 1.29 is 15.0 Å². The van der Waals surface area contributed by atoms with Gasteiger partial charge >= 0.3 is 0 Å². The zero-order chi connectivity index (χ0) is 16.9. The lowest BCUT2D eigenvalue weighted by atomic mass is 10.1. The predicted molar refractivity (Wildman–Crippen MR) is 95.4 cm³/mol. The van der Waals surface area contributed by atoms with Crippen LogP contribution < -0.4 is 4.90 Å². The number of allylic oxidation sites excluding steroid dienone is 1. The average Bonchev–Trinajstić information content (AvgIpc) is 2.61. The molecule has 4 heteroatoms. The number of benzene rings is 2. The first-order valence-corrected chi connectivity index (χ1v) is 8.16. The maximum Gasteiger partial charge on any atom is 0.185 e. The monoisotopic (exact) mass is 323 g/mol. The number of piperidine rings is 1. The first kappa shape index (κ1) is 16.3. The normalized spacial score (nSPS) is 15.8. The Balaban J connectivity index is 1.65. The van der Waals surface area contributed by atoms with E-state index in [0.29, 0.717) is 5.56 Å². The number of ketones is 1. The molecular weight excluding hydrogens is 302 g/mol. The number of hydrogen-bond donors (Lipinski definition) is 2. The summed E-state index contributed by atoms with van der Waals surface area (Å²) in [6.07, 6.45) is 4.59. The van der Waals surface area contributed by atoms with E-state index < -0.39 is 0 Å². The number of hydrogen-bond acceptors (Lipinski definition) is 4. The molecule has 0 radical (unpaired) electrons. The molecule has 0 saturated carbocycles. The topological polar surface area (TPSA) is 60.8 Å². The first-order valence-electron chi connectivity index (χ1n) is 8.16. The molecule has 24 heavy (non-hydrogen) atoms. The summed E-state index contributed by atoms with van der Waals surface area (Å²) in [7, 11) is 0. The van der Waals surface area contributed by atoms with Gasteiger partial charge in [-0.15, -0.1) is 0 Å². The van der Waals surface area contributed by atoms with Gasteiger partial charge in [-0.3, -0.25) is 4.79 Å². The van der Waals surface area contributed by atoms with Crippen molar-refractivity contribution in [2.75, 3.05) is 18.0 Å². The van der Waals surface area contributed by atoms with E-state index >= 15 is 0 Å². The van der Waals surface area contributed by atoms with E-state index in [1.54, 1.807) is 24.3 Å². The second-order valence-electron chi connectivity index (χ2n) is 6.06. The Morgan fingerprint density at radius 1 is 1.08 bits per heavy atom. The van der Waals surface area contributed by atoms with Crippen molar-refractivity contribution in [3.63, 3.8) is 0 Å². The van der Waals surface area contributed by atoms with Crippen LogP contribution in [0.25, 0.3) is 6.08 Å². The lowest BCUT2D eigenvalue weighted by molar-refractivity contribution is 0.104. The minimum Gasteiger partial charge on any atom is -0.508 e. The summed E-state index contributed by atoms with van der Waals surface area (Å²) in [5.74, 6) is 0.111. The Kier molecular flexibility index (Phi) is 4.96. The molecule has 0 amide bonds. The molecule has 1 fully saturated rings. The van der Waals surface area contributed by atoms with Crippen LogP contribution in [-0.4, -0.2) is 35.2 Å². The van der Waals surface area contributed by atoms with Crippen LogP contribution >= 0.6 is 0 Å². The Labute approximate surface area is 141 Å². The molecule has 0 aromatic heterocycles. The van der Waals surface area contributed by atoms with E-state index in [4.69, 9.17) is 0 Å². The molecule has 0 aliphatic carbocycles. The third-order valence-corrected chi connectivity index (χ3v) is 4.28. The zero-order valence-electron chi connectivity index (χ0n) is 13.4. The van der Waals surface area contributed by atoms with Crippen LogP contribution in [0.15, 0.2) is 54.6 Å². The molecule has 0 spiro atoms. The number of aliphatic hydroxyl groups excluding tert-OH is 1. The summed E-state index contributed by atoms with van der Waals surface area (Å²) in [6.45, 7) is 1.68. The lowest BCUT2D eigenvalue weighted by Crippen LogP contribution is -2.35. The molecule has 124 valence electrons. The average molecular weight is 323 g/mol. The minimum absolute atomic E-state index is 0.0704. The van der Waals surface area contributed by atoms with Crippen molar-refractivity contribution in [2.24, 2.45) is 0 Å². The van der Waals surface area contributed by atoms with E-state index in [0.717, 1.165) is 37.2 Å². The highest BCUT2D eigenvalue weighted by atomic mass is 16.3. The van der Waals surface area contributed by atoms with E-state index in [1.807, 2.05) is 30.3 Å². The van der Waals surface area contributed by atoms with Crippen LogP contribution in [0.4, 0.5) is 5.69 Å². The van der Waals surface area contributed by atoms with Crippen LogP contribution in [0.1, 0.15) is 28.8 Å². The van der Waals surface area contributed by atoms with E-state index in [2.05, 4.69) is 4.90 Å². The second kappa shape index (κ2) is 7.32. The molecule has 2 aromatic rings. The Morgan fingerprint density at radius 2 is 1.79 bits per heavy atom. The summed E-state index contributed by atoms with van der Waals surface area (Å²) < 4.78 is 0. The number of phenols is 1. The van der Waals surface area contributed by atoms with Crippen LogP contribution in [-0.2, 0) is 0 Å². The summed E-state index contributed by atoms with van der Waals surface area (Å²) in [5, 5.41) is 19.0. The molecule has 2 N–H and O–H groups in total. The van der Waals surface area contributed by atoms with Crippen molar-refractivity contribution in [3.05, 3.63) is 65.7 Å². The summed E-state index contributed by atoms with van der Waals surface area (Å²) in [4.78, 5) is 14.5. The number of phenolic OH excluding ortho intramolecular Hbond substituents is 1. The van der Waals surface area contributed by atoms with Gasteiger partial charge in [-0.05, 0) is 60.9 Å². The maximum absolute atomic E-state index is 12.2. The zero-order valence-corrected chi connectivity index (χ0v) is 13.4. The number of anilines is 1. The largest absolute Gasteiger partial charge is 0.508 e. The highest BCUT2D eigenvalue weighted by molar-refractivity contribution is 6.07. The molecule has 4 nitrogen and oxygen atoms in total. The van der Waals surface area contributed by atoms with Gasteiger partial charge in [0.1, 0.15) is 5.75 Å². The maximum atomic E-state index is 12.2. The Hall–Kier alpha value is -2.59. The molecule has 2 aromatic carbocycles. The number of aliphatic hydroxyl groups is 1. The quantitative estimate of drug-likeness (QED) is 0.670. The first-order chi connectivity index (χ1) is 11.6. The standard InChI is InChI=1S/C20H21NO3/c22-18-10-12-21(13-11-18)17-7-5-16(6-8-17)20(24)9-4-15-2-1-3-19(23)14-15/h1-9,14,18,22-23H,10-13H2. The lowest BCUT2D eigenvalue weighted by Gasteiger charge is -2.31. The second-order valence-corrected chi connectivity index (χ2v) is 6.06. The van der Waals surface area contributed by atoms with Crippen molar-refractivity contribution in [1.82, 2.24) is 0 Å². The van der Waals surface area contributed by atoms with Crippen LogP contribution in [0.5, 0.6) is 5.75 Å². The van der Waals surface area contributed by atoms with Gasteiger partial charge in [0.25, 0.3) is 0 Å². The molecule has 0 atom stereocenters. The van der Waals surface area contributed by atoms with Crippen LogP contribution in [0.2, 0.25) is 0 Å². The molecule has 1 saturated heterocycles. The van der Waals surface area contributed by atoms with Crippen molar-refractivity contribution in [3.8, 4) is 5.75 Å². The molecule has 0 bridgehead atoms. The number of carbonyl (C=O) groups excluding carboxylic acids is 1. The number of nitrogens with zero attached hydrogens (tertiary/aromatic N) is 1. The van der Waals surface area contributed by atoms with Gasteiger partial charge < -0.3 is 15.1 Å². The summed E-state index contributed by atoms with van der Waals surface area (Å²) in [5.41, 5.74) is 2.49. The fourth-order valence-electron chi connectivity index (χ4n) is 2.86.